The number of halogens is 1. The van der Waals surface area contributed by atoms with Crippen molar-refractivity contribution in [2.75, 3.05) is 6.54 Å². The lowest BCUT2D eigenvalue weighted by molar-refractivity contribution is -0.153. The summed E-state index contributed by atoms with van der Waals surface area (Å²) in [6.45, 7) is -0.175. The van der Waals surface area contributed by atoms with Gasteiger partial charge >= 0.3 is 11.7 Å². The van der Waals surface area contributed by atoms with E-state index in [2.05, 4.69) is 27.6 Å². The summed E-state index contributed by atoms with van der Waals surface area (Å²) in [5.74, 6) is 3.61. The molecule has 1 aliphatic heterocycles. The molecule has 2 aromatic carbocycles. The van der Waals surface area contributed by atoms with Gasteiger partial charge in [-0.3, -0.25) is 5.43 Å². The van der Waals surface area contributed by atoms with Crippen molar-refractivity contribution in [1.29, 1.82) is 5.26 Å². The Morgan fingerprint density at radius 1 is 1.19 bits per heavy atom. The van der Waals surface area contributed by atoms with Crippen LogP contribution < -0.4 is 10.2 Å². The molecule has 128 valence electrons. The summed E-state index contributed by atoms with van der Waals surface area (Å²) >= 11 is 0. The Hall–Kier alpha value is -3.91. The van der Waals surface area contributed by atoms with Crippen LogP contribution >= 0.6 is 0 Å². The van der Waals surface area contributed by atoms with Crippen LogP contribution in [0.3, 0.4) is 0 Å². The number of carboxylic acid groups (broad SMARTS) is 1. The average Bonchev–Trinajstić information content (AvgIpc) is 3.10. The molecule has 2 aromatic rings. The second-order valence-corrected chi connectivity index (χ2v) is 5.34. The van der Waals surface area contributed by atoms with Crippen molar-refractivity contribution in [3.05, 3.63) is 65.0 Å². The standard InChI is InChI=1S/C18H11FN4O3/c19-15-7-14(6-3-12-1-4-13(10-20)5-2-12)8-16(9-15)26-18(17(24)25)11-21-23-22-18/h1-2,4-5,7-9H,11H2,(H,21,22)(H,24,25). The lowest BCUT2D eigenvalue weighted by atomic mass is 10.1. The van der Waals surface area contributed by atoms with Crippen LogP contribution in [-0.4, -0.2) is 23.3 Å². The molecule has 26 heavy (non-hydrogen) atoms. The molecule has 0 saturated heterocycles. The maximum atomic E-state index is 13.9. The first-order chi connectivity index (χ1) is 12.5. The van der Waals surface area contributed by atoms with E-state index in [9.17, 15) is 14.3 Å². The number of hydrogen-bond donors (Lipinski definition) is 2. The topological polar surface area (TPSA) is 107 Å². The number of carbonyl (C=O) groups is 1. The molecular weight excluding hydrogens is 339 g/mol. The minimum atomic E-state index is -1.94. The molecule has 7 nitrogen and oxygen atoms in total. The fraction of sp³-hybridized carbons (Fsp3) is 0.111. The summed E-state index contributed by atoms with van der Waals surface area (Å²) < 4.78 is 19.2. The van der Waals surface area contributed by atoms with Crippen molar-refractivity contribution in [2.45, 2.75) is 5.72 Å². The third-order valence-corrected chi connectivity index (χ3v) is 3.46. The third-order valence-electron chi connectivity index (χ3n) is 3.46. The van der Waals surface area contributed by atoms with Crippen molar-refractivity contribution in [3.63, 3.8) is 0 Å². The summed E-state index contributed by atoms with van der Waals surface area (Å²) in [6, 6.07) is 12.3. The van der Waals surface area contributed by atoms with Gasteiger partial charge in [0.2, 0.25) is 0 Å². The molecule has 0 aromatic heterocycles. The predicted molar refractivity (Wildman–Crippen MR) is 87.4 cm³/mol. The number of nitriles is 1. The zero-order valence-corrected chi connectivity index (χ0v) is 13.2. The largest absolute Gasteiger partial charge is 0.477 e. The molecule has 0 saturated carbocycles. The highest BCUT2D eigenvalue weighted by Gasteiger charge is 2.45. The molecule has 2 N–H and O–H groups in total. The Morgan fingerprint density at radius 3 is 2.50 bits per heavy atom. The smallest absolute Gasteiger partial charge is 0.375 e. The van der Waals surface area contributed by atoms with E-state index in [-0.39, 0.29) is 12.3 Å². The number of aliphatic carboxylic acids is 1. The molecule has 0 fully saturated rings. The van der Waals surface area contributed by atoms with Crippen LogP contribution in [0.5, 0.6) is 5.75 Å². The Balaban J connectivity index is 1.86. The molecule has 1 aliphatic rings. The van der Waals surface area contributed by atoms with Crippen LogP contribution in [0.2, 0.25) is 0 Å². The molecule has 1 atom stereocenters. The Morgan fingerprint density at radius 2 is 1.88 bits per heavy atom. The lowest BCUT2D eigenvalue weighted by Gasteiger charge is -2.20. The monoisotopic (exact) mass is 350 g/mol. The van der Waals surface area contributed by atoms with Crippen molar-refractivity contribution in [2.24, 2.45) is 10.3 Å². The van der Waals surface area contributed by atoms with E-state index >= 15 is 0 Å². The highest BCUT2D eigenvalue weighted by atomic mass is 19.1. The van der Waals surface area contributed by atoms with E-state index in [4.69, 9.17) is 10.00 Å². The van der Waals surface area contributed by atoms with E-state index < -0.39 is 17.5 Å². The van der Waals surface area contributed by atoms with Crippen LogP contribution in [0.15, 0.2) is 52.8 Å². The summed E-state index contributed by atoms with van der Waals surface area (Å²) in [6.07, 6.45) is 0. The van der Waals surface area contributed by atoms with Crippen LogP contribution in [0, 0.1) is 29.0 Å². The number of hydrogen-bond acceptors (Lipinski definition) is 6. The Kier molecular flexibility index (Phi) is 4.50. The van der Waals surface area contributed by atoms with E-state index in [0.717, 1.165) is 6.07 Å². The predicted octanol–water partition coefficient (Wildman–Crippen LogP) is 2.23. The van der Waals surface area contributed by atoms with Gasteiger partial charge in [0.1, 0.15) is 18.1 Å². The SMILES string of the molecule is N#Cc1ccc(C#Cc2cc(F)cc(OC3(C(=O)O)CNN=N3)c2)cc1. The second-order valence-electron chi connectivity index (χ2n) is 5.34. The quantitative estimate of drug-likeness (QED) is 0.826. The minimum absolute atomic E-state index is 0.0285. The van der Waals surface area contributed by atoms with Crippen LogP contribution in [0.25, 0.3) is 0 Å². The lowest BCUT2D eigenvalue weighted by Crippen LogP contribution is -2.46. The third kappa shape index (κ3) is 3.60. The van der Waals surface area contributed by atoms with Gasteiger partial charge in [-0.25, -0.2) is 9.18 Å². The maximum Gasteiger partial charge on any atom is 0.375 e. The fourth-order valence-electron chi connectivity index (χ4n) is 2.17. The zero-order valence-electron chi connectivity index (χ0n) is 13.2. The van der Waals surface area contributed by atoms with Gasteiger partial charge < -0.3 is 9.84 Å². The number of benzene rings is 2. The first kappa shape index (κ1) is 16.9. The van der Waals surface area contributed by atoms with Gasteiger partial charge in [0, 0.05) is 17.2 Å². The van der Waals surface area contributed by atoms with Gasteiger partial charge in [0.05, 0.1) is 11.6 Å². The number of ether oxygens (including phenoxy) is 1. The van der Waals surface area contributed by atoms with Gasteiger partial charge in [-0.05, 0) is 36.4 Å². The average molecular weight is 350 g/mol. The van der Waals surface area contributed by atoms with Crippen molar-refractivity contribution >= 4 is 5.97 Å². The van der Waals surface area contributed by atoms with Gasteiger partial charge in [-0.15, -0.1) is 5.11 Å². The van der Waals surface area contributed by atoms with Crippen LogP contribution in [-0.2, 0) is 4.79 Å². The summed E-state index contributed by atoms with van der Waals surface area (Å²) in [5, 5.41) is 25.0. The molecule has 0 spiro atoms. The summed E-state index contributed by atoms with van der Waals surface area (Å²) in [5.41, 5.74) is 1.92. The van der Waals surface area contributed by atoms with Crippen molar-refractivity contribution in [3.8, 4) is 23.7 Å². The number of nitrogens with zero attached hydrogens (tertiary/aromatic N) is 3. The van der Waals surface area contributed by atoms with Crippen molar-refractivity contribution < 1.29 is 19.0 Å². The highest BCUT2D eigenvalue weighted by molar-refractivity contribution is 5.78. The number of nitrogens with one attached hydrogen (secondary N) is 1. The van der Waals surface area contributed by atoms with Gasteiger partial charge in [0.15, 0.2) is 0 Å². The van der Waals surface area contributed by atoms with Gasteiger partial charge in [-0.2, -0.15) is 5.26 Å². The van der Waals surface area contributed by atoms with Gasteiger partial charge in [0.25, 0.3) is 0 Å². The first-order valence-electron chi connectivity index (χ1n) is 7.41. The summed E-state index contributed by atoms with van der Waals surface area (Å²) in [7, 11) is 0. The van der Waals surface area contributed by atoms with Crippen LogP contribution in [0.4, 0.5) is 4.39 Å². The molecule has 0 aliphatic carbocycles. The molecule has 0 radical (unpaired) electrons. The normalized spacial score (nSPS) is 17.5. The molecule has 0 bridgehead atoms. The second kappa shape index (κ2) is 6.91. The minimum Gasteiger partial charge on any atom is -0.477 e. The summed E-state index contributed by atoms with van der Waals surface area (Å²) in [4.78, 5) is 11.4. The van der Waals surface area contributed by atoms with Crippen molar-refractivity contribution in [1.82, 2.24) is 5.43 Å². The maximum absolute atomic E-state index is 13.9. The molecule has 8 heteroatoms. The molecular formula is C18H11FN4O3. The molecule has 3 rings (SSSR count). The first-order valence-corrected chi connectivity index (χ1v) is 7.41. The molecule has 1 unspecified atom stereocenters. The highest BCUT2D eigenvalue weighted by Crippen LogP contribution is 2.25. The molecule has 0 amide bonds. The van der Waals surface area contributed by atoms with Gasteiger partial charge in [-0.1, -0.05) is 17.1 Å². The van der Waals surface area contributed by atoms with E-state index in [1.54, 1.807) is 24.3 Å². The fourth-order valence-corrected chi connectivity index (χ4v) is 2.17. The Bertz CT molecular complexity index is 986. The Labute approximate surface area is 147 Å². The number of carboxylic acids is 1. The molecule has 1 heterocycles. The van der Waals surface area contributed by atoms with E-state index in [1.807, 2.05) is 6.07 Å². The van der Waals surface area contributed by atoms with E-state index in [1.165, 1.54) is 12.1 Å². The number of rotatable bonds is 3. The van der Waals surface area contributed by atoms with E-state index in [0.29, 0.717) is 16.7 Å². The van der Waals surface area contributed by atoms with Crippen LogP contribution in [0.1, 0.15) is 16.7 Å². The zero-order chi connectivity index (χ0) is 18.6.